The molecule has 7 heteroatoms. The highest BCUT2D eigenvalue weighted by atomic mass is 19.4. The Labute approximate surface area is 111 Å². The number of ether oxygens (including phenoxy) is 1. The van der Waals surface area contributed by atoms with Crippen LogP contribution in [-0.4, -0.2) is 4.92 Å². The third-order valence-corrected chi connectivity index (χ3v) is 2.45. The second-order valence-corrected chi connectivity index (χ2v) is 3.85. The van der Waals surface area contributed by atoms with E-state index >= 15 is 0 Å². The number of rotatable bonds is 3. The first-order valence-electron chi connectivity index (χ1n) is 5.46. The Morgan fingerprint density at radius 3 is 2.40 bits per heavy atom. The molecule has 104 valence electrons. The van der Waals surface area contributed by atoms with Crippen LogP contribution >= 0.6 is 0 Å². The first-order chi connectivity index (χ1) is 9.38. The molecule has 0 aliphatic carbocycles. The van der Waals surface area contributed by atoms with Crippen molar-refractivity contribution in [2.45, 2.75) is 6.18 Å². The maximum Gasteiger partial charge on any atom is 0.419 e. The van der Waals surface area contributed by atoms with E-state index in [0.29, 0.717) is 0 Å². The molecule has 2 aromatic carbocycles. The molecular weight excluding hydrogens is 275 g/mol. The fourth-order valence-electron chi connectivity index (χ4n) is 1.58. The summed E-state index contributed by atoms with van der Waals surface area (Å²) in [6.07, 6.45) is -4.56. The molecule has 0 spiro atoms. The predicted molar refractivity (Wildman–Crippen MR) is 64.6 cm³/mol. The van der Waals surface area contributed by atoms with Gasteiger partial charge >= 0.3 is 6.18 Å². The van der Waals surface area contributed by atoms with Gasteiger partial charge in [0.25, 0.3) is 5.69 Å². The summed E-state index contributed by atoms with van der Waals surface area (Å²) >= 11 is 0. The summed E-state index contributed by atoms with van der Waals surface area (Å²) in [4.78, 5) is 9.95. The van der Waals surface area contributed by atoms with E-state index in [1.54, 1.807) is 0 Å². The summed E-state index contributed by atoms with van der Waals surface area (Å²) in [7, 11) is 0. The summed E-state index contributed by atoms with van der Waals surface area (Å²) in [6, 6.07) is 9.64. The Balaban J connectivity index is 2.36. The zero-order valence-corrected chi connectivity index (χ0v) is 9.92. The van der Waals surface area contributed by atoms with Crippen LogP contribution in [0.3, 0.4) is 0 Å². The van der Waals surface area contributed by atoms with Crippen LogP contribution < -0.4 is 4.74 Å². The van der Waals surface area contributed by atoms with Crippen molar-refractivity contribution < 1.29 is 22.8 Å². The highest BCUT2D eigenvalue weighted by Crippen LogP contribution is 2.38. The van der Waals surface area contributed by atoms with Crippen LogP contribution in [0, 0.1) is 10.1 Å². The zero-order valence-electron chi connectivity index (χ0n) is 9.92. The molecule has 0 saturated carbocycles. The smallest absolute Gasteiger partial charge is 0.419 e. The van der Waals surface area contributed by atoms with Gasteiger partial charge < -0.3 is 4.74 Å². The number of nitro groups is 1. The summed E-state index contributed by atoms with van der Waals surface area (Å²) in [5.74, 6) is -0.434. The molecule has 0 aromatic heterocycles. The standard InChI is InChI=1S/C13H8F3NO3/c14-13(15,16)11-6-1-2-7-12(11)20-10-5-3-4-9(8-10)17(18)19/h1-8H. The first-order valence-corrected chi connectivity index (χ1v) is 5.46. The number of nitro benzene ring substituents is 1. The molecule has 0 atom stereocenters. The summed E-state index contributed by atoms with van der Waals surface area (Å²) in [6.45, 7) is 0. The average molecular weight is 283 g/mol. The van der Waals surface area contributed by atoms with Crippen LogP contribution in [0.15, 0.2) is 48.5 Å². The molecule has 0 N–H and O–H groups in total. The van der Waals surface area contributed by atoms with Crippen molar-refractivity contribution in [2.75, 3.05) is 0 Å². The molecule has 4 nitrogen and oxygen atoms in total. The van der Waals surface area contributed by atoms with Crippen molar-refractivity contribution in [3.63, 3.8) is 0 Å². The molecule has 20 heavy (non-hydrogen) atoms. The van der Waals surface area contributed by atoms with E-state index < -0.39 is 22.4 Å². The Morgan fingerprint density at radius 1 is 1.05 bits per heavy atom. The lowest BCUT2D eigenvalue weighted by Gasteiger charge is -2.13. The van der Waals surface area contributed by atoms with E-state index in [1.165, 1.54) is 30.3 Å². The van der Waals surface area contributed by atoms with E-state index in [4.69, 9.17) is 4.74 Å². The van der Waals surface area contributed by atoms with Gasteiger partial charge in [0, 0.05) is 6.07 Å². The third-order valence-electron chi connectivity index (χ3n) is 2.45. The van der Waals surface area contributed by atoms with Gasteiger partial charge in [-0.15, -0.1) is 0 Å². The Kier molecular flexibility index (Phi) is 3.60. The topological polar surface area (TPSA) is 52.4 Å². The first kappa shape index (κ1) is 13.9. The van der Waals surface area contributed by atoms with Crippen molar-refractivity contribution in [1.82, 2.24) is 0 Å². The van der Waals surface area contributed by atoms with Crippen LogP contribution in [0.25, 0.3) is 0 Å². The van der Waals surface area contributed by atoms with Gasteiger partial charge in [0.1, 0.15) is 11.5 Å². The number of hydrogen-bond donors (Lipinski definition) is 0. The number of benzene rings is 2. The maximum atomic E-state index is 12.8. The molecule has 2 rings (SSSR count). The van der Waals surface area contributed by atoms with Gasteiger partial charge in [-0.2, -0.15) is 13.2 Å². The summed E-state index contributed by atoms with van der Waals surface area (Å²) in [5, 5.41) is 10.6. The fraction of sp³-hybridized carbons (Fsp3) is 0.0769. The Morgan fingerprint density at radius 2 is 1.75 bits per heavy atom. The van der Waals surface area contributed by atoms with Crippen molar-refractivity contribution in [3.05, 3.63) is 64.2 Å². The predicted octanol–water partition coefficient (Wildman–Crippen LogP) is 4.41. The van der Waals surface area contributed by atoms with E-state index in [0.717, 1.165) is 18.2 Å². The van der Waals surface area contributed by atoms with Crippen LogP contribution in [-0.2, 0) is 6.18 Å². The minimum atomic E-state index is -4.56. The van der Waals surface area contributed by atoms with Crippen LogP contribution in [0.4, 0.5) is 18.9 Å². The van der Waals surface area contributed by atoms with Crippen LogP contribution in [0.2, 0.25) is 0 Å². The summed E-state index contributed by atoms with van der Waals surface area (Å²) in [5.41, 5.74) is -1.20. The van der Waals surface area contributed by atoms with E-state index in [9.17, 15) is 23.3 Å². The average Bonchev–Trinajstić information content (AvgIpc) is 2.38. The van der Waals surface area contributed by atoms with E-state index in [-0.39, 0.29) is 11.4 Å². The van der Waals surface area contributed by atoms with Gasteiger partial charge in [-0.05, 0) is 18.2 Å². The van der Waals surface area contributed by atoms with Gasteiger partial charge in [0.2, 0.25) is 0 Å². The minimum absolute atomic E-state index is 0.0316. The highest BCUT2D eigenvalue weighted by molar-refractivity contribution is 5.43. The number of nitrogens with zero attached hydrogens (tertiary/aromatic N) is 1. The molecular formula is C13H8F3NO3. The number of alkyl halides is 3. The monoisotopic (exact) mass is 283 g/mol. The largest absolute Gasteiger partial charge is 0.456 e. The van der Waals surface area contributed by atoms with Gasteiger partial charge in [0.15, 0.2) is 0 Å². The zero-order chi connectivity index (χ0) is 14.8. The van der Waals surface area contributed by atoms with Gasteiger partial charge in [-0.3, -0.25) is 10.1 Å². The molecule has 0 radical (unpaired) electrons. The molecule has 0 saturated heterocycles. The Hall–Kier alpha value is -2.57. The van der Waals surface area contributed by atoms with Crippen LogP contribution in [0.5, 0.6) is 11.5 Å². The SMILES string of the molecule is O=[N+]([O-])c1cccc(Oc2ccccc2C(F)(F)F)c1. The lowest BCUT2D eigenvalue weighted by Crippen LogP contribution is -2.06. The van der Waals surface area contributed by atoms with Gasteiger partial charge in [-0.25, -0.2) is 0 Å². The molecule has 0 unspecified atom stereocenters. The molecule has 0 aliphatic heterocycles. The number of halogens is 3. The fourth-order valence-corrected chi connectivity index (χ4v) is 1.58. The summed E-state index contributed by atoms with van der Waals surface area (Å²) < 4.78 is 43.4. The number of hydrogen-bond acceptors (Lipinski definition) is 3. The van der Waals surface area contributed by atoms with E-state index in [2.05, 4.69) is 0 Å². The molecule has 0 heterocycles. The lowest BCUT2D eigenvalue weighted by molar-refractivity contribution is -0.384. The molecule has 0 bridgehead atoms. The van der Waals surface area contributed by atoms with Crippen molar-refractivity contribution in [1.29, 1.82) is 0 Å². The number of non-ortho nitro benzene ring substituents is 1. The lowest BCUT2D eigenvalue weighted by atomic mass is 10.2. The normalized spacial score (nSPS) is 11.2. The minimum Gasteiger partial charge on any atom is -0.456 e. The van der Waals surface area contributed by atoms with Crippen molar-refractivity contribution in [3.8, 4) is 11.5 Å². The Bertz CT molecular complexity index is 641. The number of para-hydroxylation sites is 1. The van der Waals surface area contributed by atoms with E-state index in [1.807, 2.05) is 0 Å². The van der Waals surface area contributed by atoms with Crippen molar-refractivity contribution in [2.24, 2.45) is 0 Å². The highest BCUT2D eigenvalue weighted by Gasteiger charge is 2.34. The molecule has 0 aliphatic rings. The third kappa shape index (κ3) is 3.05. The molecule has 2 aromatic rings. The van der Waals surface area contributed by atoms with Gasteiger partial charge in [-0.1, -0.05) is 18.2 Å². The van der Waals surface area contributed by atoms with Crippen LogP contribution in [0.1, 0.15) is 5.56 Å². The van der Waals surface area contributed by atoms with Gasteiger partial charge in [0.05, 0.1) is 16.6 Å². The second kappa shape index (κ2) is 5.20. The quantitative estimate of drug-likeness (QED) is 0.619. The molecule has 0 amide bonds. The maximum absolute atomic E-state index is 12.8. The molecule has 0 fully saturated rings. The van der Waals surface area contributed by atoms with Crippen molar-refractivity contribution >= 4 is 5.69 Å². The second-order valence-electron chi connectivity index (χ2n) is 3.85.